The molecule has 29 heavy (non-hydrogen) atoms. The molecule has 0 spiro atoms. The summed E-state index contributed by atoms with van der Waals surface area (Å²) in [6.45, 7) is 8.11. The molecular weight excluding hydrogens is 410 g/mol. The van der Waals surface area contributed by atoms with Gasteiger partial charge in [0.05, 0.1) is 10.2 Å². The first kappa shape index (κ1) is 22.1. The number of carbonyl (C=O) groups is 1. The van der Waals surface area contributed by atoms with Gasteiger partial charge in [0.2, 0.25) is 12.7 Å². The largest absolute Gasteiger partial charge is 0.454 e. The predicted molar refractivity (Wildman–Crippen MR) is 120 cm³/mol. The highest BCUT2D eigenvalue weighted by Gasteiger charge is 2.29. The van der Waals surface area contributed by atoms with Gasteiger partial charge in [-0.25, -0.2) is 4.98 Å². The summed E-state index contributed by atoms with van der Waals surface area (Å²) in [6.07, 6.45) is 5.56. The van der Waals surface area contributed by atoms with E-state index >= 15 is 0 Å². The van der Waals surface area contributed by atoms with Crippen molar-refractivity contribution in [2.45, 2.75) is 46.0 Å². The van der Waals surface area contributed by atoms with Crippen LogP contribution in [0, 0.1) is 5.92 Å². The number of carbonyl (C=O) groups excluding carboxylic acids is 1. The molecule has 1 saturated carbocycles. The zero-order valence-corrected chi connectivity index (χ0v) is 18.8. The van der Waals surface area contributed by atoms with Crippen LogP contribution in [0.5, 0.6) is 11.5 Å². The van der Waals surface area contributed by atoms with E-state index in [1.807, 2.05) is 17.0 Å². The van der Waals surface area contributed by atoms with Gasteiger partial charge in [0.1, 0.15) is 0 Å². The first-order chi connectivity index (χ1) is 13.7. The van der Waals surface area contributed by atoms with Gasteiger partial charge in [-0.15, -0.1) is 12.4 Å². The fraction of sp³-hybridized carbons (Fsp3) is 0.619. The van der Waals surface area contributed by atoms with Gasteiger partial charge in [-0.3, -0.25) is 9.69 Å². The summed E-state index contributed by atoms with van der Waals surface area (Å²) in [5, 5.41) is 0.793. The molecule has 4 rings (SSSR count). The maximum Gasteiger partial charge on any atom is 0.231 e. The van der Waals surface area contributed by atoms with Crippen molar-refractivity contribution >= 4 is 45.0 Å². The number of ether oxygens (including phenoxy) is 2. The third kappa shape index (κ3) is 4.78. The maximum atomic E-state index is 13.4. The smallest absolute Gasteiger partial charge is 0.231 e. The molecule has 0 unspecified atom stereocenters. The Kier molecular flexibility index (Phi) is 7.60. The first-order valence-electron chi connectivity index (χ1n) is 10.4. The molecule has 0 atom stereocenters. The second-order valence-electron chi connectivity index (χ2n) is 7.52. The molecule has 2 heterocycles. The topological polar surface area (TPSA) is 54.9 Å². The minimum Gasteiger partial charge on any atom is -0.454 e. The number of amides is 1. The molecule has 6 nitrogen and oxygen atoms in total. The Hall–Kier alpha value is -1.57. The Labute approximate surface area is 182 Å². The lowest BCUT2D eigenvalue weighted by atomic mass is 9.88. The lowest BCUT2D eigenvalue weighted by Crippen LogP contribution is -2.42. The fourth-order valence-electron chi connectivity index (χ4n) is 4.07. The zero-order valence-electron chi connectivity index (χ0n) is 17.2. The zero-order chi connectivity index (χ0) is 19.5. The Balaban J connectivity index is 0.00000240. The summed E-state index contributed by atoms with van der Waals surface area (Å²) < 4.78 is 12.0. The van der Waals surface area contributed by atoms with E-state index in [9.17, 15) is 4.79 Å². The van der Waals surface area contributed by atoms with Crippen molar-refractivity contribution in [3.63, 3.8) is 0 Å². The van der Waals surface area contributed by atoms with E-state index in [0.29, 0.717) is 6.54 Å². The first-order valence-corrected chi connectivity index (χ1v) is 11.2. The fourth-order valence-corrected chi connectivity index (χ4v) is 5.08. The molecule has 0 saturated heterocycles. The monoisotopic (exact) mass is 439 g/mol. The molecule has 2 aliphatic rings. The molecule has 0 N–H and O–H groups in total. The number of fused-ring (bicyclic) bond motifs is 2. The average molecular weight is 440 g/mol. The third-order valence-corrected chi connectivity index (χ3v) is 6.90. The molecule has 0 bridgehead atoms. The van der Waals surface area contributed by atoms with Gasteiger partial charge < -0.3 is 14.4 Å². The molecule has 1 aliphatic heterocycles. The van der Waals surface area contributed by atoms with Crippen LogP contribution in [0.15, 0.2) is 12.1 Å². The Morgan fingerprint density at radius 1 is 1.10 bits per heavy atom. The number of halogens is 1. The molecular formula is C21H30ClN3O3S. The standard InChI is InChI=1S/C21H29N3O3S.ClH/c1-3-23(4-2)10-11-24(20(25)15-8-6-5-7-9-15)21-22-16-12-17-18(27-14-26-17)13-19(16)28-21;/h12-13,15H,3-11,14H2,1-2H3;1H. The number of hydrogen-bond acceptors (Lipinski definition) is 6. The average Bonchev–Trinajstić information content (AvgIpc) is 3.35. The van der Waals surface area contributed by atoms with E-state index in [2.05, 4.69) is 18.7 Å². The minimum atomic E-state index is 0. The van der Waals surface area contributed by atoms with Crippen molar-refractivity contribution in [2.75, 3.05) is 37.9 Å². The number of likely N-dealkylation sites (N-methyl/N-ethyl adjacent to an activating group) is 1. The highest BCUT2D eigenvalue weighted by atomic mass is 35.5. The number of nitrogens with zero attached hydrogens (tertiary/aromatic N) is 3. The van der Waals surface area contributed by atoms with Crippen LogP contribution in [0.4, 0.5) is 5.13 Å². The Bertz CT molecular complexity index is 793. The van der Waals surface area contributed by atoms with E-state index < -0.39 is 0 Å². The van der Waals surface area contributed by atoms with Crippen molar-refractivity contribution < 1.29 is 14.3 Å². The number of rotatable bonds is 7. The molecule has 1 fully saturated rings. The number of benzene rings is 1. The summed E-state index contributed by atoms with van der Waals surface area (Å²) in [5.74, 6) is 1.87. The summed E-state index contributed by atoms with van der Waals surface area (Å²) in [5.41, 5.74) is 0.869. The van der Waals surface area contributed by atoms with Crippen LogP contribution in [-0.4, -0.2) is 48.8 Å². The maximum absolute atomic E-state index is 13.4. The molecule has 1 aromatic heterocycles. The summed E-state index contributed by atoms with van der Waals surface area (Å²) in [6, 6.07) is 3.90. The van der Waals surface area contributed by atoms with Crippen LogP contribution in [0.25, 0.3) is 10.2 Å². The van der Waals surface area contributed by atoms with Crippen LogP contribution < -0.4 is 14.4 Å². The van der Waals surface area contributed by atoms with Gasteiger partial charge in [-0.2, -0.15) is 0 Å². The minimum absolute atomic E-state index is 0. The van der Waals surface area contributed by atoms with E-state index in [4.69, 9.17) is 14.5 Å². The van der Waals surface area contributed by atoms with Crippen molar-refractivity contribution in [2.24, 2.45) is 5.92 Å². The number of hydrogen-bond donors (Lipinski definition) is 0. The molecule has 160 valence electrons. The Morgan fingerprint density at radius 3 is 2.48 bits per heavy atom. The van der Waals surface area contributed by atoms with Crippen molar-refractivity contribution in [1.29, 1.82) is 0 Å². The van der Waals surface area contributed by atoms with Crippen LogP contribution in [0.1, 0.15) is 46.0 Å². The van der Waals surface area contributed by atoms with E-state index in [1.165, 1.54) is 6.42 Å². The number of anilines is 1. The van der Waals surface area contributed by atoms with Crippen LogP contribution >= 0.6 is 23.7 Å². The lowest BCUT2D eigenvalue weighted by molar-refractivity contribution is -0.123. The highest BCUT2D eigenvalue weighted by Crippen LogP contribution is 2.40. The van der Waals surface area contributed by atoms with E-state index in [-0.39, 0.29) is 31.0 Å². The molecule has 8 heteroatoms. The van der Waals surface area contributed by atoms with Crippen LogP contribution in [-0.2, 0) is 4.79 Å². The molecule has 1 aromatic carbocycles. The quantitative estimate of drug-likeness (QED) is 0.625. The highest BCUT2D eigenvalue weighted by molar-refractivity contribution is 7.22. The van der Waals surface area contributed by atoms with Gasteiger partial charge in [0, 0.05) is 31.1 Å². The van der Waals surface area contributed by atoms with E-state index in [0.717, 1.165) is 72.2 Å². The van der Waals surface area contributed by atoms with Gasteiger partial charge in [-0.05, 0) is 25.9 Å². The molecule has 1 aliphatic carbocycles. The molecule has 2 aromatic rings. The van der Waals surface area contributed by atoms with Gasteiger partial charge in [-0.1, -0.05) is 44.4 Å². The summed E-state index contributed by atoms with van der Waals surface area (Å²) >= 11 is 1.57. The van der Waals surface area contributed by atoms with Crippen molar-refractivity contribution in [3.8, 4) is 11.5 Å². The second-order valence-corrected chi connectivity index (χ2v) is 8.53. The predicted octanol–water partition coefficient (Wildman–Crippen LogP) is 4.70. The normalized spacial score (nSPS) is 16.2. The van der Waals surface area contributed by atoms with Crippen molar-refractivity contribution in [3.05, 3.63) is 12.1 Å². The number of aromatic nitrogens is 1. The molecule has 0 radical (unpaired) electrons. The van der Waals surface area contributed by atoms with Crippen LogP contribution in [0.2, 0.25) is 0 Å². The second kappa shape index (κ2) is 9.96. The SMILES string of the molecule is CCN(CC)CCN(C(=O)C1CCCCC1)c1nc2cc3c(cc2s1)OCO3.Cl. The van der Waals surface area contributed by atoms with Crippen molar-refractivity contribution in [1.82, 2.24) is 9.88 Å². The lowest BCUT2D eigenvalue weighted by Gasteiger charge is -2.29. The van der Waals surface area contributed by atoms with Gasteiger partial charge >= 0.3 is 0 Å². The van der Waals surface area contributed by atoms with Crippen LogP contribution in [0.3, 0.4) is 0 Å². The molecule has 1 amide bonds. The van der Waals surface area contributed by atoms with E-state index in [1.54, 1.807) is 11.3 Å². The van der Waals surface area contributed by atoms with Gasteiger partial charge in [0.25, 0.3) is 0 Å². The van der Waals surface area contributed by atoms with Gasteiger partial charge in [0.15, 0.2) is 16.6 Å². The number of thiazole rings is 1. The Morgan fingerprint density at radius 2 is 1.79 bits per heavy atom. The summed E-state index contributed by atoms with van der Waals surface area (Å²) in [4.78, 5) is 22.5. The third-order valence-electron chi connectivity index (χ3n) is 5.86. The summed E-state index contributed by atoms with van der Waals surface area (Å²) in [7, 11) is 0.